The van der Waals surface area contributed by atoms with E-state index in [1.807, 2.05) is 57.2 Å². The standard InChI is InChI=1S/C19H22N4O2S/c1-4-13(3)23-18(25)17-15(10-12(2)20-17)22-19(23)26-11-16(24)21-14-8-6-5-7-9-14/h5-10,13,20H,4,11H2,1-3H3,(H,21,24)/t13-/m1/s1. The zero-order valence-electron chi connectivity index (χ0n) is 15.1. The van der Waals surface area contributed by atoms with Crippen LogP contribution in [-0.2, 0) is 4.79 Å². The first-order valence-corrected chi connectivity index (χ1v) is 9.57. The minimum Gasteiger partial charge on any atom is -0.353 e. The first-order chi connectivity index (χ1) is 12.5. The van der Waals surface area contributed by atoms with Crippen LogP contribution in [0.3, 0.4) is 0 Å². The van der Waals surface area contributed by atoms with Gasteiger partial charge in [-0.2, -0.15) is 0 Å². The number of amides is 1. The number of thioether (sulfide) groups is 1. The number of aryl methyl sites for hydroxylation is 1. The first-order valence-electron chi connectivity index (χ1n) is 8.59. The molecule has 0 bridgehead atoms. The van der Waals surface area contributed by atoms with E-state index >= 15 is 0 Å². The van der Waals surface area contributed by atoms with Gasteiger partial charge in [-0.3, -0.25) is 14.2 Å². The molecule has 26 heavy (non-hydrogen) atoms. The van der Waals surface area contributed by atoms with Gasteiger partial charge in [-0.1, -0.05) is 36.9 Å². The van der Waals surface area contributed by atoms with Gasteiger partial charge in [0, 0.05) is 17.4 Å². The van der Waals surface area contributed by atoms with Crippen LogP contribution in [0.5, 0.6) is 0 Å². The lowest BCUT2D eigenvalue weighted by Crippen LogP contribution is -2.26. The van der Waals surface area contributed by atoms with Gasteiger partial charge in [0.2, 0.25) is 5.91 Å². The summed E-state index contributed by atoms with van der Waals surface area (Å²) in [5, 5.41) is 3.42. The third-order valence-electron chi connectivity index (χ3n) is 4.21. The number of fused-ring (bicyclic) bond motifs is 1. The quantitative estimate of drug-likeness (QED) is 0.512. The predicted octanol–water partition coefficient (Wildman–Crippen LogP) is 3.73. The van der Waals surface area contributed by atoms with Crippen LogP contribution in [0.2, 0.25) is 0 Å². The van der Waals surface area contributed by atoms with E-state index in [1.54, 1.807) is 4.57 Å². The largest absolute Gasteiger partial charge is 0.353 e. The molecule has 3 aromatic rings. The summed E-state index contributed by atoms with van der Waals surface area (Å²) in [4.78, 5) is 32.8. The summed E-state index contributed by atoms with van der Waals surface area (Å²) in [5.41, 5.74) is 2.70. The van der Waals surface area contributed by atoms with Crippen LogP contribution in [0.25, 0.3) is 11.0 Å². The van der Waals surface area contributed by atoms with E-state index in [0.717, 1.165) is 17.8 Å². The molecule has 0 radical (unpaired) electrons. The maximum absolute atomic E-state index is 12.9. The highest BCUT2D eigenvalue weighted by Gasteiger charge is 2.18. The second-order valence-corrected chi connectivity index (χ2v) is 7.18. The lowest BCUT2D eigenvalue weighted by atomic mass is 10.2. The number of aromatic amines is 1. The Labute approximate surface area is 156 Å². The van der Waals surface area contributed by atoms with Crippen LogP contribution >= 0.6 is 11.8 Å². The van der Waals surface area contributed by atoms with Crippen LogP contribution in [0.4, 0.5) is 5.69 Å². The van der Waals surface area contributed by atoms with E-state index in [0.29, 0.717) is 16.2 Å². The Bertz CT molecular complexity index is 978. The van der Waals surface area contributed by atoms with E-state index in [9.17, 15) is 9.59 Å². The van der Waals surface area contributed by atoms with Crippen LogP contribution in [-0.4, -0.2) is 26.2 Å². The van der Waals surface area contributed by atoms with Crippen molar-refractivity contribution >= 4 is 34.4 Å². The zero-order chi connectivity index (χ0) is 18.7. The summed E-state index contributed by atoms with van der Waals surface area (Å²) >= 11 is 1.28. The third kappa shape index (κ3) is 3.83. The van der Waals surface area contributed by atoms with Gasteiger partial charge in [0.1, 0.15) is 5.52 Å². The third-order valence-corrected chi connectivity index (χ3v) is 5.16. The fourth-order valence-corrected chi connectivity index (χ4v) is 3.61. The van der Waals surface area contributed by atoms with Crippen LogP contribution in [0, 0.1) is 6.92 Å². The Balaban J connectivity index is 1.86. The van der Waals surface area contributed by atoms with Crippen molar-refractivity contribution < 1.29 is 4.79 Å². The molecule has 0 spiro atoms. The molecule has 2 aromatic heterocycles. The lowest BCUT2D eigenvalue weighted by molar-refractivity contribution is -0.113. The molecule has 2 N–H and O–H groups in total. The molecule has 1 aromatic carbocycles. The van der Waals surface area contributed by atoms with Crippen molar-refractivity contribution in [1.82, 2.24) is 14.5 Å². The molecule has 3 rings (SSSR count). The number of hydrogen-bond donors (Lipinski definition) is 2. The van der Waals surface area contributed by atoms with Gasteiger partial charge in [-0.25, -0.2) is 4.98 Å². The number of anilines is 1. The van der Waals surface area contributed by atoms with Gasteiger partial charge < -0.3 is 10.3 Å². The van der Waals surface area contributed by atoms with Crippen molar-refractivity contribution in [3.63, 3.8) is 0 Å². The molecule has 7 heteroatoms. The number of nitrogens with zero attached hydrogens (tertiary/aromatic N) is 2. The lowest BCUT2D eigenvalue weighted by Gasteiger charge is -2.17. The van der Waals surface area contributed by atoms with Crippen molar-refractivity contribution in [3.05, 3.63) is 52.4 Å². The van der Waals surface area contributed by atoms with Crippen molar-refractivity contribution in [3.8, 4) is 0 Å². The molecule has 0 aliphatic heterocycles. The molecule has 0 saturated heterocycles. The second kappa shape index (κ2) is 7.78. The van der Waals surface area contributed by atoms with Crippen LogP contribution in [0.1, 0.15) is 32.0 Å². The highest BCUT2D eigenvalue weighted by molar-refractivity contribution is 7.99. The number of carbonyl (C=O) groups is 1. The normalized spacial score (nSPS) is 12.3. The zero-order valence-corrected chi connectivity index (χ0v) is 15.9. The second-order valence-electron chi connectivity index (χ2n) is 6.24. The average Bonchev–Trinajstić information content (AvgIpc) is 3.01. The summed E-state index contributed by atoms with van der Waals surface area (Å²) in [6.45, 7) is 5.91. The summed E-state index contributed by atoms with van der Waals surface area (Å²) < 4.78 is 1.68. The van der Waals surface area contributed by atoms with Gasteiger partial charge in [0.25, 0.3) is 5.56 Å². The van der Waals surface area contributed by atoms with Crippen molar-refractivity contribution in [2.24, 2.45) is 0 Å². The summed E-state index contributed by atoms with van der Waals surface area (Å²) in [6.07, 6.45) is 0.802. The Hall–Kier alpha value is -2.54. The molecule has 1 amide bonds. The molecule has 0 saturated carbocycles. The number of carbonyl (C=O) groups excluding carboxylic acids is 1. The van der Waals surface area contributed by atoms with E-state index < -0.39 is 0 Å². The predicted molar refractivity (Wildman–Crippen MR) is 106 cm³/mol. The topological polar surface area (TPSA) is 79.8 Å². The molecule has 0 unspecified atom stereocenters. The van der Waals surface area contributed by atoms with Gasteiger partial charge in [-0.15, -0.1) is 0 Å². The van der Waals surface area contributed by atoms with Crippen LogP contribution in [0.15, 0.2) is 46.3 Å². The van der Waals surface area contributed by atoms with Gasteiger partial charge in [-0.05, 0) is 38.5 Å². The number of rotatable bonds is 6. The van der Waals surface area contributed by atoms with Crippen LogP contribution < -0.4 is 10.9 Å². The highest BCUT2D eigenvalue weighted by atomic mass is 32.2. The molecule has 6 nitrogen and oxygen atoms in total. The first kappa shape index (κ1) is 18.3. The van der Waals surface area contributed by atoms with Crippen molar-refractivity contribution in [2.45, 2.75) is 38.4 Å². The maximum atomic E-state index is 12.9. The molecule has 0 aliphatic carbocycles. The number of para-hydroxylation sites is 1. The fraction of sp³-hybridized carbons (Fsp3) is 0.316. The molecule has 136 valence electrons. The number of aromatic nitrogens is 3. The Morgan fingerprint density at radius 1 is 1.35 bits per heavy atom. The number of nitrogens with one attached hydrogen (secondary N) is 2. The molecular weight excluding hydrogens is 348 g/mol. The minimum absolute atomic E-state index is 0.00249. The number of H-pyrrole nitrogens is 1. The summed E-state index contributed by atoms with van der Waals surface area (Å²) in [6, 6.07) is 11.2. The molecular formula is C19H22N4O2S. The molecule has 0 aliphatic rings. The van der Waals surface area contributed by atoms with Gasteiger partial charge in [0.05, 0.1) is 11.3 Å². The molecule has 0 fully saturated rings. The van der Waals surface area contributed by atoms with Gasteiger partial charge in [0.15, 0.2) is 5.16 Å². The molecule has 1 atom stereocenters. The summed E-state index contributed by atoms with van der Waals surface area (Å²) in [7, 11) is 0. The Morgan fingerprint density at radius 3 is 2.77 bits per heavy atom. The smallest absolute Gasteiger partial charge is 0.278 e. The Kier molecular flexibility index (Phi) is 5.46. The number of hydrogen-bond acceptors (Lipinski definition) is 4. The maximum Gasteiger partial charge on any atom is 0.278 e. The van der Waals surface area contributed by atoms with E-state index in [1.165, 1.54) is 11.8 Å². The van der Waals surface area contributed by atoms with E-state index in [2.05, 4.69) is 15.3 Å². The van der Waals surface area contributed by atoms with E-state index in [4.69, 9.17) is 0 Å². The summed E-state index contributed by atoms with van der Waals surface area (Å²) in [5.74, 6) is 0.0589. The SMILES string of the molecule is CC[C@@H](C)n1c(SCC(=O)Nc2ccccc2)nc2cc(C)[nH]c2c1=O. The molecule has 2 heterocycles. The minimum atomic E-state index is -0.128. The van der Waals surface area contributed by atoms with Crippen molar-refractivity contribution in [2.75, 3.05) is 11.1 Å². The van der Waals surface area contributed by atoms with Gasteiger partial charge >= 0.3 is 0 Å². The monoisotopic (exact) mass is 370 g/mol. The highest BCUT2D eigenvalue weighted by Crippen LogP contribution is 2.23. The number of benzene rings is 1. The van der Waals surface area contributed by atoms with E-state index in [-0.39, 0.29) is 23.3 Å². The van der Waals surface area contributed by atoms with Crippen molar-refractivity contribution in [1.29, 1.82) is 0 Å². The average molecular weight is 370 g/mol. The fourth-order valence-electron chi connectivity index (χ4n) is 2.71. The Morgan fingerprint density at radius 2 is 2.08 bits per heavy atom.